The molecule has 2 rings (SSSR count). The maximum absolute atomic E-state index is 12.3. The van der Waals surface area contributed by atoms with E-state index in [0.29, 0.717) is 13.2 Å². The summed E-state index contributed by atoms with van der Waals surface area (Å²) in [5, 5.41) is 5.06. The molecule has 0 bridgehead atoms. The van der Waals surface area contributed by atoms with E-state index >= 15 is 0 Å². The van der Waals surface area contributed by atoms with Crippen LogP contribution in [0.5, 0.6) is 0 Å². The third-order valence-electron chi connectivity index (χ3n) is 3.35. The van der Waals surface area contributed by atoms with E-state index in [-0.39, 0.29) is 17.4 Å². The lowest BCUT2D eigenvalue weighted by molar-refractivity contribution is 0.0678. The van der Waals surface area contributed by atoms with Crippen molar-refractivity contribution in [1.82, 2.24) is 4.72 Å². The second-order valence-electron chi connectivity index (χ2n) is 4.90. The molecule has 0 radical (unpaired) electrons. The van der Waals surface area contributed by atoms with E-state index in [9.17, 15) is 16.8 Å². The van der Waals surface area contributed by atoms with Crippen molar-refractivity contribution < 1.29 is 21.6 Å². The molecule has 1 aromatic carbocycles. The molecular weight excluding hydrogens is 316 g/mol. The number of ether oxygens (including phenoxy) is 1. The molecule has 21 heavy (non-hydrogen) atoms. The van der Waals surface area contributed by atoms with Gasteiger partial charge in [0.15, 0.2) is 0 Å². The number of benzene rings is 1. The molecule has 1 heterocycles. The summed E-state index contributed by atoms with van der Waals surface area (Å²) in [6.45, 7) is 1.48. The van der Waals surface area contributed by atoms with Gasteiger partial charge in [0.1, 0.15) is 9.79 Å². The molecule has 9 heteroatoms. The van der Waals surface area contributed by atoms with Gasteiger partial charge in [0.25, 0.3) is 0 Å². The summed E-state index contributed by atoms with van der Waals surface area (Å²) in [4.78, 5) is -0.718. The largest absolute Gasteiger partial charge is 0.381 e. The van der Waals surface area contributed by atoms with Crippen LogP contribution in [0.3, 0.4) is 0 Å². The number of rotatable bonds is 5. The summed E-state index contributed by atoms with van der Waals surface area (Å²) in [6, 6.07) is 5.29. The van der Waals surface area contributed by atoms with Crippen molar-refractivity contribution in [3.63, 3.8) is 0 Å². The molecule has 7 nitrogen and oxygen atoms in total. The van der Waals surface area contributed by atoms with Crippen LogP contribution in [0.1, 0.15) is 12.8 Å². The Kier molecular flexibility index (Phi) is 4.99. The van der Waals surface area contributed by atoms with Crippen LogP contribution in [0.25, 0.3) is 0 Å². The number of nitrogens with one attached hydrogen (secondary N) is 1. The molecule has 0 atom stereocenters. The van der Waals surface area contributed by atoms with Gasteiger partial charge in [-0.25, -0.2) is 26.7 Å². The smallest absolute Gasteiger partial charge is 0.241 e. The Bertz CT molecular complexity index is 694. The van der Waals surface area contributed by atoms with Crippen LogP contribution in [-0.4, -0.2) is 36.6 Å². The molecule has 118 valence electrons. The van der Waals surface area contributed by atoms with Gasteiger partial charge in [0.05, 0.1) is 0 Å². The maximum Gasteiger partial charge on any atom is 0.241 e. The van der Waals surface area contributed by atoms with Crippen molar-refractivity contribution in [1.29, 1.82) is 0 Å². The molecule has 0 unspecified atom stereocenters. The third kappa shape index (κ3) is 4.24. The van der Waals surface area contributed by atoms with E-state index < -0.39 is 24.9 Å². The summed E-state index contributed by atoms with van der Waals surface area (Å²) in [7, 11) is -8.02. The molecule has 0 saturated carbocycles. The number of primary sulfonamides is 1. The van der Waals surface area contributed by atoms with Crippen LogP contribution >= 0.6 is 0 Å². The van der Waals surface area contributed by atoms with Gasteiger partial charge in [-0.3, -0.25) is 0 Å². The van der Waals surface area contributed by atoms with Crippen molar-refractivity contribution in [3.8, 4) is 0 Å². The molecule has 0 amide bonds. The van der Waals surface area contributed by atoms with Crippen molar-refractivity contribution in [3.05, 3.63) is 24.3 Å². The predicted molar refractivity (Wildman–Crippen MR) is 76.5 cm³/mol. The lowest BCUT2D eigenvalue weighted by Crippen LogP contribution is -2.33. The molecule has 1 aliphatic rings. The normalized spacial score (nSPS) is 17.8. The van der Waals surface area contributed by atoms with Crippen LogP contribution in [0.2, 0.25) is 0 Å². The van der Waals surface area contributed by atoms with E-state index in [4.69, 9.17) is 9.88 Å². The second kappa shape index (κ2) is 6.41. The van der Waals surface area contributed by atoms with Crippen molar-refractivity contribution >= 4 is 20.0 Å². The maximum atomic E-state index is 12.3. The molecule has 0 spiro atoms. The Morgan fingerprint density at radius 3 is 2.24 bits per heavy atom. The number of hydrogen-bond acceptors (Lipinski definition) is 5. The van der Waals surface area contributed by atoms with Gasteiger partial charge in [-0.1, -0.05) is 12.1 Å². The van der Waals surface area contributed by atoms with Crippen LogP contribution in [0, 0.1) is 5.92 Å². The fourth-order valence-electron chi connectivity index (χ4n) is 2.16. The first kappa shape index (κ1) is 16.4. The highest BCUT2D eigenvalue weighted by Gasteiger charge is 2.25. The zero-order valence-electron chi connectivity index (χ0n) is 11.4. The highest BCUT2D eigenvalue weighted by molar-refractivity contribution is 7.92. The standard InChI is InChI=1S/C12H18N2O5S2/c13-20(15,16)11-3-1-2-4-12(11)21(17,18)14-9-10-5-7-19-8-6-10/h1-4,10,14H,5-9H2,(H2,13,15,16). The summed E-state index contributed by atoms with van der Waals surface area (Å²) in [6.07, 6.45) is 1.55. The first-order valence-corrected chi connectivity index (χ1v) is 9.53. The summed E-state index contributed by atoms with van der Waals surface area (Å²) in [5.41, 5.74) is 0. The molecule has 1 saturated heterocycles. The molecule has 1 fully saturated rings. The van der Waals surface area contributed by atoms with Crippen LogP contribution in [-0.2, 0) is 24.8 Å². The Hall–Kier alpha value is -1.00. The Balaban J connectivity index is 2.20. The van der Waals surface area contributed by atoms with Crippen molar-refractivity contribution in [2.45, 2.75) is 22.6 Å². The minimum absolute atomic E-state index is 0.190. The SMILES string of the molecule is NS(=O)(=O)c1ccccc1S(=O)(=O)NCC1CCOCC1. The Morgan fingerprint density at radius 1 is 1.10 bits per heavy atom. The highest BCUT2D eigenvalue weighted by atomic mass is 32.2. The molecule has 1 aliphatic heterocycles. The summed E-state index contributed by atoms with van der Waals surface area (Å²) < 4.78 is 55.2. The summed E-state index contributed by atoms with van der Waals surface area (Å²) in [5.74, 6) is 0.190. The van der Waals surface area contributed by atoms with E-state index in [0.717, 1.165) is 12.8 Å². The van der Waals surface area contributed by atoms with E-state index in [1.54, 1.807) is 0 Å². The quantitative estimate of drug-likeness (QED) is 0.789. The van der Waals surface area contributed by atoms with Gasteiger partial charge in [0, 0.05) is 19.8 Å². The van der Waals surface area contributed by atoms with Crippen molar-refractivity contribution in [2.24, 2.45) is 11.1 Å². The van der Waals surface area contributed by atoms with Crippen LogP contribution in [0.15, 0.2) is 34.1 Å². The minimum atomic E-state index is -4.10. The fourth-order valence-corrected chi connectivity index (χ4v) is 4.66. The Labute approximate surface area is 124 Å². The molecule has 0 aromatic heterocycles. The highest BCUT2D eigenvalue weighted by Crippen LogP contribution is 2.20. The fraction of sp³-hybridized carbons (Fsp3) is 0.500. The number of sulfonamides is 2. The topological polar surface area (TPSA) is 116 Å². The summed E-state index contributed by atoms with van der Waals surface area (Å²) >= 11 is 0. The van der Waals surface area contributed by atoms with Gasteiger partial charge in [-0.2, -0.15) is 0 Å². The lowest BCUT2D eigenvalue weighted by Gasteiger charge is -2.22. The van der Waals surface area contributed by atoms with Gasteiger partial charge in [-0.05, 0) is 30.9 Å². The molecule has 1 aromatic rings. The lowest BCUT2D eigenvalue weighted by atomic mass is 10.0. The van der Waals surface area contributed by atoms with Crippen LogP contribution < -0.4 is 9.86 Å². The van der Waals surface area contributed by atoms with E-state index in [1.807, 2.05) is 0 Å². The van der Waals surface area contributed by atoms with Gasteiger partial charge < -0.3 is 4.74 Å². The van der Waals surface area contributed by atoms with E-state index in [2.05, 4.69) is 4.72 Å². The van der Waals surface area contributed by atoms with Gasteiger partial charge in [-0.15, -0.1) is 0 Å². The molecular formula is C12H18N2O5S2. The molecule has 0 aliphatic carbocycles. The zero-order valence-corrected chi connectivity index (χ0v) is 13.0. The first-order valence-electron chi connectivity index (χ1n) is 6.50. The monoisotopic (exact) mass is 334 g/mol. The molecule has 3 N–H and O–H groups in total. The Morgan fingerprint density at radius 2 is 1.67 bits per heavy atom. The number of nitrogens with two attached hydrogens (primary N) is 1. The average Bonchev–Trinajstić information content (AvgIpc) is 2.45. The predicted octanol–water partition coefficient (Wildman–Crippen LogP) is 0.0389. The first-order chi connectivity index (χ1) is 9.81. The van der Waals surface area contributed by atoms with Crippen LogP contribution in [0.4, 0.5) is 0 Å². The zero-order chi connectivity index (χ0) is 15.5. The van der Waals surface area contributed by atoms with Gasteiger partial charge >= 0.3 is 0 Å². The van der Waals surface area contributed by atoms with E-state index in [1.165, 1.54) is 24.3 Å². The second-order valence-corrected chi connectivity index (χ2v) is 8.16. The average molecular weight is 334 g/mol. The van der Waals surface area contributed by atoms with Gasteiger partial charge in [0.2, 0.25) is 20.0 Å². The van der Waals surface area contributed by atoms with Crippen molar-refractivity contribution in [2.75, 3.05) is 19.8 Å². The minimum Gasteiger partial charge on any atom is -0.381 e. The third-order valence-corrected chi connectivity index (χ3v) is 5.93. The number of hydrogen-bond donors (Lipinski definition) is 2.